The summed E-state index contributed by atoms with van der Waals surface area (Å²) in [4.78, 5) is 23.6. The molecule has 0 bridgehead atoms. The van der Waals surface area contributed by atoms with Gasteiger partial charge in [0.05, 0.1) is 11.5 Å². The van der Waals surface area contributed by atoms with Crippen LogP contribution in [0.3, 0.4) is 0 Å². The van der Waals surface area contributed by atoms with Crippen LogP contribution in [0.4, 0.5) is 0 Å². The molecule has 1 unspecified atom stereocenters. The number of hydrogen-bond acceptors (Lipinski definition) is 2. The Morgan fingerprint density at radius 1 is 1.32 bits per heavy atom. The third kappa shape index (κ3) is 4.27. The quantitative estimate of drug-likeness (QED) is 0.592. The molecule has 1 saturated carbocycles. The van der Waals surface area contributed by atoms with Gasteiger partial charge in [0.1, 0.15) is 0 Å². The molecule has 1 aliphatic carbocycles. The largest absolute Gasteiger partial charge is 0.481 e. The number of carbonyl (C=O) groups is 2. The minimum absolute atomic E-state index is 0.0422. The normalized spacial score (nSPS) is 19.8. The van der Waals surface area contributed by atoms with Crippen molar-refractivity contribution in [3.8, 4) is 12.3 Å². The van der Waals surface area contributed by atoms with E-state index >= 15 is 0 Å². The average Bonchev–Trinajstić information content (AvgIpc) is 2.62. The molecule has 0 spiro atoms. The van der Waals surface area contributed by atoms with Gasteiger partial charge in [-0.15, -0.1) is 6.42 Å². The zero-order chi connectivity index (χ0) is 14.3. The highest BCUT2D eigenvalue weighted by Gasteiger charge is 2.40. The van der Waals surface area contributed by atoms with Crippen LogP contribution >= 0.6 is 0 Å². The van der Waals surface area contributed by atoms with E-state index in [0.717, 1.165) is 25.7 Å². The Hall–Kier alpha value is -1.50. The molecule has 0 radical (unpaired) electrons. The van der Waals surface area contributed by atoms with Gasteiger partial charge in [-0.3, -0.25) is 9.59 Å². The molecule has 1 atom stereocenters. The van der Waals surface area contributed by atoms with Gasteiger partial charge in [-0.25, -0.2) is 0 Å². The standard InChI is InChI=1S/C15H23NO3/c1-3-12(4-2)16-13(17)11-15(14(18)19)9-7-5-6-8-10-15/h1,12H,4-11H2,2H3,(H,16,17)(H,18,19). The summed E-state index contributed by atoms with van der Waals surface area (Å²) in [6.07, 6.45) is 11.0. The second kappa shape index (κ2) is 7.18. The SMILES string of the molecule is C#CC(CC)NC(=O)CC1(C(=O)O)CCCCCC1. The van der Waals surface area contributed by atoms with Gasteiger partial charge in [-0.1, -0.05) is 38.5 Å². The molecule has 1 fully saturated rings. The minimum atomic E-state index is -0.895. The van der Waals surface area contributed by atoms with Crippen LogP contribution < -0.4 is 5.32 Å². The van der Waals surface area contributed by atoms with Gasteiger partial charge in [0, 0.05) is 6.42 Å². The summed E-state index contributed by atoms with van der Waals surface area (Å²) in [5.74, 6) is 1.40. The smallest absolute Gasteiger partial charge is 0.310 e. The summed E-state index contributed by atoms with van der Waals surface area (Å²) in [7, 11) is 0. The number of carboxylic acids is 1. The van der Waals surface area contributed by atoms with Crippen LogP contribution in [0.15, 0.2) is 0 Å². The van der Waals surface area contributed by atoms with E-state index < -0.39 is 11.4 Å². The number of aliphatic carboxylic acids is 1. The number of rotatable bonds is 5. The monoisotopic (exact) mass is 265 g/mol. The maximum absolute atomic E-state index is 12.0. The minimum Gasteiger partial charge on any atom is -0.481 e. The molecule has 4 nitrogen and oxygen atoms in total. The second-order valence-electron chi connectivity index (χ2n) is 5.37. The molecule has 2 N–H and O–H groups in total. The second-order valence-corrected chi connectivity index (χ2v) is 5.37. The molecule has 1 aliphatic rings. The summed E-state index contributed by atoms with van der Waals surface area (Å²) in [5.41, 5.74) is -0.895. The fraction of sp³-hybridized carbons (Fsp3) is 0.733. The third-order valence-electron chi connectivity index (χ3n) is 3.96. The first-order valence-electron chi connectivity index (χ1n) is 7.03. The molecule has 0 heterocycles. The fourth-order valence-corrected chi connectivity index (χ4v) is 2.69. The molecule has 106 valence electrons. The maximum atomic E-state index is 12.0. The summed E-state index contributed by atoms with van der Waals surface area (Å²) in [5, 5.41) is 12.2. The molecule has 0 aromatic carbocycles. The summed E-state index contributed by atoms with van der Waals surface area (Å²) < 4.78 is 0. The Morgan fingerprint density at radius 2 is 1.89 bits per heavy atom. The van der Waals surface area contributed by atoms with Crippen molar-refractivity contribution < 1.29 is 14.7 Å². The zero-order valence-corrected chi connectivity index (χ0v) is 11.6. The van der Waals surface area contributed by atoms with E-state index in [9.17, 15) is 14.7 Å². The van der Waals surface area contributed by atoms with Crippen LogP contribution in [-0.4, -0.2) is 23.0 Å². The van der Waals surface area contributed by atoms with Crippen LogP contribution in [0.5, 0.6) is 0 Å². The highest BCUT2D eigenvalue weighted by atomic mass is 16.4. The Morgan fingerprint density at radius 3 is 2.32 bits per heavy atom. The Labute approximate surface area is 115 Å². The molecule has 1 amide bonds. The Balaban J connectivity index is 2.70. The number of carboxylic acid groups (broad SMARTS) is 1. The van der Waals surface area contributed by atoms with Crippen LogP contribution in [0.1, 0.15) is 58.3 Å². The van der Waals surface area contributed by atoms with Gasteiger partial charge in [-0.05, 0) is 19.3 Å². The Kier molecular flexibility index (Phi) is 5.88. The van der Waals surface area contributed by atoms with Crippen molar-refractivity contribution in [3.63, 3.8) is 0 Å². The van der Waals surface area contributed by atoms with Gasteiger partial charge < -0.3 is 10.4 Å². The number of hydrogen-bond donors (Lipinski definition) is 2. The molecule has 19 heavy (non-hydrogen) atoms. The number of nitrogens with one attached hydrogen (secondary N) is 1. The van der Waals surface area contributed by atoms with Crippen molar-refractivity contribution in [2.24, 2.45) is 5.41 Å². The van der Waals surface area contributed by atoms with E-state index in [4.69, 9.17) is 6.42 Å². The first-order valence-corrected chi connectivity index (χ1v) is 7.03. The van der Waals surface area contributed by atoms with E-state index in [-0.39, 0.29) is 18.4 Å². The topological polar surface area (TPSA) is 66.4 Å². The summed E-state index contributed by atoms with van der Waals surface area (Å²) in [6, 6.07) is -0.302. The molecule has 0 aliphatic heterocycles. The number of terminal acetylenes is 1. The Bertz CT molecular complexity index is 362. The van der Waals surface area contributed by atoms with Gasteiger partial charge in [0.2, 0.25) is 5.91 Å². The number of carbonyl (C=O) groups excluding carboxylic acids is 1. The fourth-order valence-electron chi connectivity index (χ4n) is 2.69. The first-order chi connectivity index (χ1) is 9.04. The van der Waals surface area contributed by atoms with Crippen molar-refractivity contribution in [2.75, 3.05) is 0 Å². The zero-order valence-electron chi connectivity index (χ0n) is 11.6. The molecular weight excluding hydrogens is 242 g/mol. The van der Waals surface area contributed by atoms with Gasteiger partial charge in [0.25, 0.3) is 0 Å². The average molecular weight is 265 g/mol. The van der Waals surface area contributed by atoms with Crippen LogP contribution in [0.2, 0.25) is 0 Å². The molecule has 1 rings (SSSR count). The lowest BCUT2D eigenvalue weighted by molar-refractivity contribution is -0.153. The van der Waals surface area contributed by atoms with E-state index in [1.54, 1.807) is 0 Å². The van der Waals surface area contributed by atoms with Crippen LogP contribution in [-0.2, 0) is 9.59 Å². The molecule has 0 saturated heterocycles. The third-order valence-corrected chi connectivity index (χ3v) is 3.96. The van der Waals surface area contributed by atoms with E-state index in [0.29, 0.717) is 19.3 Å². The van der Waals surface area contributed by atoms with E-state index in [2.05, 4.69) is 11.2 Å². The molecule has 0 aromatic rings. The molecule has 0 aromatic heterocycles. The lowest BCUT2D eigenvalue weighted by Gasteiger charge is -2.27. The van der Waals surface area contributed by atoms with Crippen LogP contribution in [0.25, 0.3) is 0 Å². The van der Waals surface area contributed by atoms with Gasteiger partial charge in [-0.2, -0.15) is 0 Å². The van der Waals surface area contributed by atoms with E-state index in [1.807, 2.05) is 6.92 Å². The van der Waals surface area contributed by atoms with Crippen LogP contribution in [0, 0.1) is 17.8 Å². The highest BCUT2D eigenvalue weighted by Crippen LogP contribution is 2.38. The summed E-state index contributed by atoms with van der Waals surface area (Å²) >= 11 is 0. The maximum Gasteiger partial charge on any atom is 0.310 e. The lowest BCUT2D eigenvalue weighted by Crippen LogP contribution is -2.40. The highest BCUT2D eigenvalue weighted by molar-refractivity contribution is 5.85. The van der Waals surface area contributed by atoms with Crippen molar-refractivity contribution in [2.45, 2.75) is 64.3 Å². The van der Waals surface area contributed by atoms with Crippen molar-refractivity contribution in [1.29, 1.82) is 0 Å². The van der Waals surface area contributed by atoms with Crippen molar-refractivity contribution in [3.05, 3.63) is 0 Å². The molecular formula is C15H23NO3. The predicted molar refractivity (Wildman–Crippen MR) is 73.4 cm³/mol. The number of amides is 1. The van der Waals surface area contributed by atoms with Gasteiger partial charge >= 0.3 is 5.97 Å². The molecule has 4 heteroatoms. The van der Waals surface area contributed by atoms with Crippen molar-refractivity contribution >= 4 is 11.9 Å². The first kappa shape index (κ1) is 15.6. The summed E-state index contributed by atoms with van der Waals surface area (Å²) in [6.45, 7) is 1.89. The van der Waals surface area contributed by atoms with Crippen molar-refractivity contribution in [1.82, 2.24) is 5.32 Å². The lowest BCUT2D eigenvalue weighted by atomic mass is 9.77. The van der Waals surface area contributed by atoms with Gasteiger partial charge in [0.15, 0.2) is 0 Å². The predicted octanol–water partition coefficient (Wildman–Crippen LogP) is 2.33. The van der Waals surface area contributed by atoms with E-state index in [1.165, 1.54) is 0 Å².